The number of furan rings is 1. The lowest BCUT2D eigenvalue weighted by Gasteiger charge is -2.14. The maximum Gasteiger partial charge on any atom is 0.433 e. The minimum absolute atomic E-state index is 0.131. The number of carbonyl (C=O) groups is 2. The Morgan fingerprint density at radius 3 is 2.02 bits per heavy atom. The van der Waals surface area contributed by atoms with Crippen molar-refractivity contribution in [2.45, 2.75) is 51.3 Å². The van der Waals surface area contributed by atoms with Crippen LogP contribution in [0.15, 0.2) is 95.4 Å². The molecule has 0 bridgehead atoms. The molecule has 0 unspecified atom stereocenters. The summed E-state index contributed by atoms with van der Waals surface area (Å²) in [5.41, 5.74) is 2.13. The Labute approximate surface area is 264 Å². The number of alkyl halides is 3. The van der Waals surface area contributed by atoms with E-state index >= 15 is 0 Å². The first kappa shape index (κ1) is 32.3. The number of methoxy groups -OCH3 is 1. The highest BCUT2D eigenvalue weighted by Crippen LogP contribution is 2.49. The summed E-state index contributed by atoms with van der Waals surface area (Å²) in [7, 11) is 1.39. The monoisotopic (exact) mass is 630 g/mol. The zero-order chi connectivity index (χ0) is 33.1. The number of aromatic nitrogens is 1. The molecule has 2 aromatic heterocycles. The van der Waals surface area contributed by atoms with E-state index in [4.69, 9.17) is 13.9 Å². The van der Waals surface area contributed by atoms with Crippen LogP contribution in [-0.4, -0.2) is 24.2 Å². The Hall–Kier alpha value is -5.12. The van der Waals surface area contributed by atoms with Gasteiger partial charge in [-0.3, -0.25) is 10.1 Å². The molecule has 1 fully saturated rings. The predicted octanol–water partition coefficient (Wildman–Crippen LogP) is 9.72. The number of hydrogen-bond acceptors (Lipinski definition) is 6. The highest BCUT2D eigenvalue weighted by Gasteiger charge is 2.52. The first-order chi connectivity index (χ1) is 22.1. The summed E-state index contributed by atoms with van der Waals surface area (Å²) >= 11 is 0. The van der Waals surface area contributed by atoms with E-state index in [0.717, 1.165) is 41.2 Å². The van der Waals surface area contributed by atoms with Crippen LogP contribution in [0.2, 0.25) is 0 Å². The summed E-state index contributed by atoms with van der Waals surface area (Å²) in [5.74, 6) is -0.105. The van der Waals surface area contributed by atoms with Crippen LogP contribution in [0.1, 0.15) is 56.5 Å². The maximum absolute atomic E-state index is 13.4. The second-order valence-electron chi connectivity index (χ2n) is 10.7. The Morgan fingerprint density at radius 1 is 0.870 bits per heavy atom. The number of carbonyl (C=O) groups excluding carboxylic acids is 2. The van der Waals surface area contributed by atoms with Crippen molar-refractivity contribution in [2.24, 2.45) is 0 Å². The van der Waals surface area contributed by atoms with Crippen LogP contribution in [0.3, 0.4) is 0 Å². The van der Waals surface area contributed by atoms with Crippen molar-refractivity contribution in [3.63, 3.8) is 0 Å². The van der Waals surface area contributed by atoms with Crippen molar-refractivity contribution in [1.29, 1.82) is 0 Å². The SMILES string of the molecule is CC.COC(=O)C1(c2ccc(-c3ccc(-c4oc5nc(C(F)(F)F)ccc5c4NC(=O)O[C@H](C)c4ccccc4)cc3)cc2)CC1. The number of rotatable bonds is 7. The van der Waals surface area contributed by atoms with Crippen molar-refractivity contribution in [2.75, 3.05) is 12.4 Å². The quantitative estimate of drug-likeness (QED) is 0.180. The number of nitrogens with zero attached hydrogens (tertiary/aromatic N) is 1. The van der Waals surface area contributed by atoms with E-state index in [-0.39, 0.29) is 28.5 Å². The largest absolute Gasteiger partial charge is 0.468 e. The molecular formula is C36H33F3N2O5. The number of ether oxygens (including phenoxy) is 2. The molecule has 7 nitrogen and oxygen atoms in total. The predicted molar refractivity (Wildman–Crippen MR) is 169 cm³/mol. The lowest BCUT2D eigenvalue weighted by atomic mass is 9.93. The van der Waals surface area contributed by atoms with Crippen molar-refractivity contribution >= 4 is 28.8 Å². The smallest absolute Gasteiger partial charge is 0.433 e. The Morgan fingerprint density at radius 2 is 1.46 bits per heavy atom. The van der Waals surface area contributed by atoms with Crippen LogP contribution in [0, 0.1) is 0 Å². The molecule has 1 saturated carbocycles. The number of anilines is 1. The molecule has 5 aromatic rings. The summed E-state index contributed by atoms with van der Waals surface area (Å²) < 4.78 is 56.5. The highest BCUT2D eigenvalue weighted by molar-refractivity contribution is 6.04. The number of pyridine rings is 1. The van der Waals surface area contributed by atoms with Gasteiger partial charge in [0.15, 0.2) is 5.76 Å². The van der Waals surface area contributed by atoms with Gasteiger partial charge in [0.25, 0.3) is 0 Å². The van der Waals surface area contributed by atoms with Gasteiger partial charge in [0.05, 0.1) is 17.9 Å². The number of halogens is 3. The first-order valence-electron chi connectivity index (χ1n) is 14.9. The number of benzene rings is 3. The topological polar surface area (TPSA) is 90.7 Å². The van der Waals surface area contributed by atoms with Gasteiger partial charge in [0, 0.05) is 5.56 Å². The average Bonchev–Trinajstić information content (AvgIpc) is 3.82. The van der Waals surface area contributed by atoms with Gasteiger partial charge in [-0.15, -0.1) is 0 Å². The number of amides is 1. The van der Waals surface area contributed by atoms with Crippen LogP contribution >= 0.6 is 0 Å². The average molecular weight is 631 g/mol. The molecule has 0 saturated heterocycles. The molecule has 238 valence electrons. The standard InChI is InChI=1S/C34H27F3N2O5.C2H6/c1-20(21-6-4-3-5-7-21)43-32(41)39-28-26-16-17-27(34(35,36)37)38-30(26)44-29(28)24-10-8-22(9-11-24)23-12-14-25(15-13-23)33(18-19-33)31(40)42-2;1-2/h3-17,20H,18-19H2,1-2H3,(H,39,41);1-2H3/t20-;/m1./s1. The summed E-state index contributed by atoms with van der Waals surface area (Å²) in [6.45, 7) is 5.71. The molecule has 10 heteroatoms. The molecule has 3 aromatic carbocycles. The Kier molecular flexibility index (Phi) is 9.18. The third-order valence-electron chi connectivity index (χ3n) is 7.87. The second-order valence-corrected chi connectivity index (χ2v) is 10.7. The minimum atomic E-state index is -4.67. The molecular weight excluding hydrogens is 597 g/mol. The van der Waals surface area contributed by atoms with Gasteiger partial charge >= 0.3 is 18.2 Å². The van der Waals surface area contributed by atoms with Crippen LogP contribution in [0.4, 0.5) is 23.7 Å². The molecule has 1 N–H and O–H groups in total. The van der Waals surface area contributed by atoms with Gasteiger partial charge < -0.3 is 13.9 Å². The van der Waals surface area contributed by atoms with Crippen LogP contribution < -0.4 is 5.32 Å². The molecule has 1 aliphatic carbocycles. The van der Waals surface area contributed by atoms with Crippen LogP contribution in [0.5, 0.6) is 0 Å². The van der Waals surface area contributed by atoms with Crippen LogP contribution in [0.25, 0.3) is 33.6 Å². The number of nitrogens with one attached hydrogen (secondary N) is 1. The van der Waals surface area contributed by atoms with E-state index in [9.17, 15) is 22.8 Å². The molecule has 1 amide bonds. The number of fused-ring (bicyclic) bond motifs is 1. The van der Waals surface area contributed by atoms with Gasteiger partial charge in [0.1, 0.15) is 17.5 Å². The third kappa shape index (κ3) is 6.47. The Bertz CT molecular complexity index is 1830. The molecule has 1 atom stereocenters. The van der Waals surface area contributed by atoms with E-state index in [2.05, 4.69) is 10.3 Å². The number of esters is 1. The van der Waals surface area contributed by atoms with Crippen molar-refractivity contribution in [3.05, 3.63) is 108 Å². The summed E-state index contributed by atoms with van der Waals surface area (Å²) in [5, 5.41) is 2.85. The highest BCUT2D eigenvalue weighted by atomic mass is 19.4. The van der Waals surface area contributed by atoms with E-state index < -0.39 is 29.5 Å². The summed E-state index contributed by atoms with van der Waals surface area (Å²) in [4.78, 5) is 28.9. The van der Waals surface area contributed by atoms with Crippen molar-refractivity contribution < 1.29 is 36.7 Å². The zero-order valence-corrected chi connectivity index (χ0v) is 25.8. The first-order valence-corrected chi connectivity index (χ1v) is 14.9. The normalized spacial score (nSPS) is 14.1. The van der Waals surface area contributed by atoms with E-state index in [1.807, 2.05) is 80.6 Å². The van der Waals surface area contributed by atoms with Gasteiger partial charge in [-0.2, -0.15) is 13.2 Å². The second kappa shape index (κ2) is 13.1. The van der Waals surface area contributed by atoms with E-state index in [1.165, 1.54) is 13.2 Å². The lowest BCUT2D eigenvalue weighted by Crippen LogP contribution is -2.21. The molecule has 0 aliphatic heterocycles. The van der Waals surface area contributed by atoms with Gasteiger partial charge in [-0.25, -0.2) is 9.78 Å². The van der Waals surface area contributed by atoms with Crippen molar-refractivity contribution in [3.8, 4) is 22.5 Å². The van der Waals surface area contributed by atoms with E-state index in [1.54, 1.807) is 19.1 Å². The number of hydrogen-bond donors (Lipinski definition) is 1. The molecule has 2 heterocycles. The van der Waals surface area contributed by atoms with Gasteiger partial charge in [-0.05, 0) is 54.2 Å². The van der Waals surface area contributed by atoms with Crippen molar-refractivity contribution in [1.82, 2.24) is 4.98 Å². The van der Waals surface area contributed by atoms with Gasteiger partial charge in [0.2, 0.25) is 5.71 Å². The Balaban J connectivity index is 0.00000204. The molecule has 46 heavy (non-hydrogen) atoms. The van der Waals surface area contributed by atoms with E-state index in [0.29, 0.717) is 5.56 Å². The molecule has 1 aliphatic rings. The van der Waals surface area contributed by atoms with Gasteiger partial charge in [-0.1, -0.05) is 92.7 Å². The molecule has 0 spiro atoms. The summed E-state index contributed by atoms with van der Waals surface area (Å²) in [6.07, 6.45) is -4.56. The molecule has 0 radical (unpaired) electrons. The fourth-order valence-corrected chi connectivity index (χ4v) is 5.27. The third-order valence-corrected chi connectivity index (χ3v) is 7.87. The lowest BCUT2D eigenvalue weighted by molar-refractivity contribution is -0.143. The molecule has 6 rings (SSSR count). The fraction of sp³-hybridized carbons (Fsp3) is 0.250. The maximum atomic E-state index is 13.4. The fourth-order valence-electron chi connectivity index (χ4n) is 5.27. The van der Waals surface area contributed by atoms with Crippen LogP contribution in [-0.2, 0) is 25.9 Å². The summed E-state index contributed by atoms with van der Waals surface area (Å²) in [6, 6.07) is 26.0. The zero-order valence-electron chi connectivity index (χ0n) is 25.8. The minimum Gasteiger partial charge on any atom is -0.468 e.